The minimum atomic E-state index is 0.240. The summed E-state index contributed by atoms with van der Waals surface area (Å²) in [5, 5.41) is 3.33. The van der Waals surface area contributed by atoms with Gasteiger partial charge in [-0.25, -0.2) is 4.98 Å². The Kier molecular flexibility index (Phi) is 2.50. The number of piperidine rings is 1. The van der Waals surface area contributed by atoms with E-state index in [0.29, 0.717) is 0 Å². The van der Waals surface area contributed by atoms with E-state index in [1.54, 1.807) is 0 Å². The molecule has 0 saturated carbocycles. The number of oxazole rings is 1. The van der Waals surface area contributed by atoms with Crippen LogP contribution in [0.5, 0.6) is 5.75 Å². The largest absolute Gasteiger partial charge is 0.485 e. The summed E-state index contributed by atoms with van der Waals surface area (Å²) < 4.78 is 11.3. The molecule has 2 aromatic rings. The molecule has 0 bridgehead atoms. The summed E-state index contributed by atoms with van der Waals surface area (Å²) in [5.74, 6) is 0.795. The third-order valence-corrected chi connectivity index (χ3v) is 2.87. The van der Waals surface area contributed by atoms with Crippen LogP contribution in [0.25, 0.3) is 11.1 Å². The molecule has 0 aliphatic carbocycles. The van der Waals surface area contributed by atoms with Crippen LogP contribution in [-0.2, 0) is 0 Å². The standard InChI is InChI=1S/C12H14N2O2/c1-4-10-12(15-8-14-10)11(5-1)16-9-3-2-6-13-7-9/h1,4-5,8-9,13H,2-3,6-7H2. The van der Waals surface area contributed by atoms with E-state index in [2.05, 4.69) is 10.3 Å². The Morgan fingerprint density at radius 3 is 3.31 bits per heavy atom. The Morgan fingerprint density at radius 1 is 1.44 bits per heavy atom. The van der Waals surface area contributed by atoms with Gasteiger partial charge in [0, 0.05) is 6.54 Å². The summed E-state index contributed by atoms with van der Waals surface area (Å²) >= 11 is 0. The SMILES string of the molecule is c1cc(OC2CCCNC2)c2ocnc2c1. The average molecular weight is 218 g/mol. The number of aromatic nitrogens is 1. The number of hydrogen-bond donors (Lipinski definition) is 1. The van der Waals surface area contributed by atoms with Gasteiger partial charge in [0.05, 0.1) is 0 Å². The number of fused-ring (bicyclic) bond motifs is 1. The number of nitrogens with one attached hydrogen (secondary N) is 1. The second-order valence-electron chi connectivity index (χ2n) is 4.04. The van der Waals surface area contributed by atoms with Crippen LogP contribution in [0.3, 0.4) is 0 Å². The predicted molar refractivity (Wildman–Crippen MR) is 60.5 cm³/mol. The number of benzene rings is 1. The van der Waals surface area contributed by atoms with Crippen molar-refractivity contribution in [3.8, 4) is 5.75 Å². The van der Waals surface area contributed by atoms with Crippen LogP contribution in [0.4, 0.5) is 0 Å². The van der Waals surface area contributed by atoms with E-state index < -0.39 is 0 Å². The Morgan fingerprint density at radius 2 is 2.44 bits per heavy atom. The molecule has 16 heavy (non-hydrogen) atoms. The first kappa shape index (κ1) is 9.66. The second kappa shape index (κ2) is 4.14. The highest BCUT2D eigenvalue weighted by Crippen LogP contribution is 2.26. The highest BCUT2D eigenvalue weighted by molar-refractivity contribution is 5.78. The van der Waals surface area contributed by atoms with Crippen LogP contribution in [0, 0.1) is 0 Å². The quantitative estimate of drug-likeness (QED) is 0.837. The van der Waals surface area contributed by atoms with Gasteiger partial charge in [0.15, 0.2) is 17.7 Å². The summed E-state index contributed by atoms with van der Waals surface area (Å²) in [4.78, 5) is 4.11. The van der Waals surface area contributed by atoms with E-state index in [4.69, 9.17) is 9.15 Å². The summed E-state index contributed by atoms with van der Waals surface area (Å²) in [5.41, 5.74) is 1.59. The van der Waals surface area contributed by atoms with Gasteiger partial charge in [0.25, 0.3) is 0 Å². The van der Waals surface area contributed by atoms with Crippen molar-refractivity contribution < 1.29 is 9.15 Å². The van der Waals surface area contributed by atoms with Gasteiger partial charge in [-0.3, -0.25) is 0 Å². The molecular weight excluding hydrogens is 204 g/mol. The molecule has 0 amide bonds. The van der Waals surface area contributed by atoms with Crippen LogP contribution >= 0.6 is 0 Å². The van der Waals surface area contributed by atoms with Crippen LogP contribution in [-0.4, -0.2) is 24.2 Å². The first-order valence-electron chi connectivity index (χ1n) is 5.63. The van der Waals surface area contributed by atoms with Crippen LogP contribution in [0.2, 0.25) is 0 Å². The first-order valence-corrected chi connectivity index (χ1v) is 5.63. The molecule has 1 saturated heterocycles. The van der Waals surface area contributed by atoms with E-state index in [0.717, 1.165) is 42.8 Å². The minimum Gasteiger partial charge on any atom is -0.485 e. The van der Waals surface area contributed by atoms with E-state index in [1.165, 1.54) is 6.39 Å². The number of hydrogen-bond acceptors (Lipinski definition) is 4. The lowest BCUT2D eigenvalue weighted by Crippen LogP contribution is -2.37. The molecule has 2 heterocycles. The minimum absolute atomic E-state index is 0.240. The summed E-state index contributed by atoms with van der Waals surface area (Å²) in [6.45, 7) is 2.00. The fourth-order valence-electron chi connectivity index (χ4n) is 2.05. The fourth-order valence-corrected chi connectivity index (χ4v) is 2.05. The van der Waals surface area contributed by atoms with E-state index in [1.807, 2.05) is 18.2 Å². The zero-order chi connectivity index (χ0) is 10.8. The van der Waals surface area contributed by atoms with Crippen LogP contribution < -0.4 is 10.1 Å². The number of nitrogens with zero attached hydrogens (tertiary/aromatic N) is 1. The van der Waals surface area contributed by atoms with E-state index in [-0.39, 0.29) is 6.10 Å². The Bertz CT molecular complexity index is 475. The van der Waals surface area contributed by atoms with Crippen molar-refractivity contribution in [2.75, 3.05) is 13.1 Å². The molecule has 1 aromatic heterocycles. The van der Waals surface area contributed by atoms with Gasteiger partial charge in [-0.1, -0.05) is 6.07 Å². The summed E-state index contributed by atoms with van der Waals surface area (Å²) in [7, 11) is 0. The molecule has 1 aliphatic rings. The van der Waals surface area contributed by atoms with Crippen LogP contribution in [0.15, 0.2) is 29.0 Å². The van der Waals surface area contributed by atoms with Gasteiger partial charge >= 0.3 is 0 Å². The van der Waals surface area contributed by atoms with Crippen molar-refractivity contribution in [2.45, 2.75) is 18.9 Å². The lowest BCUT2D eigenvalue weighted by Gasteiger charge is -2.23. The zero-order valence-corrected chi connectivity index (χ0v) is 8.98. The van der Waals surface area contributed by atoms with Gasteiger partial charge in [-0.2, -0.15) is 0 Å². The fraction of sp³-hybridized carbons (Fsp3) is 0.417. The Labute approximate surface area is 93.6 Å². The molecule has 84 valence electrons. The number of rotatable bonds is 2. The molecule has 1 aromatic carbocycles. The average Bonchev–Trinajstić information content (AvgIpc) is 2.80. The molecule has 1 N–H and O–H groups in total. The topological polar surface area (TPSA) is 47.3 Å². The molecular formula is C12H14N2O2. The van der Waals surface area contributed by atoms with E-state index in [9.17, 15) is 0 Å². The molecule has 3 rings (SSSR count). The lowest BCUT2D eigenvalue weighted by molar-refractivity contribution is 0.167. The van der Waals surface area contributed by atoms with Crippen molar-refractivity contribution in [1.29, 1.82) is 0 Å². The van der Waals surface area contributed by atoms with Gasteiger partial charge in [0.2, 0.25) is 0 Å². The molecule has 0 radical (unpaired) electrons. The number of ether oxygens (including phenoxy) is 1. The molecule has 0 spiro atoms. The maximum absolute atomic E-state index is 5.93. The smallest absolute Gasteiger partial charge is 0.196 e. The van der Waals surface area contributed by atoms with Gasteiger partial charge in [-0.05, 0) is 31.5 Å². The Hall–Kier alpha value is -1.55. The maximum Gasteiger partial charge on any atom is 0.196 e. The number of para-hydroxylation sites is 1. The van der Waals surface area contributed by atoms with Gasteiger partial charge in [0.1, 0.15) is 11.6 Å². The molecule has 1 aliphatic heterocycles. The first-order chi connectivity index (χ1) is 7.93. The maximum atomic E-state index is 5.93. The van der Waals surface area contributed by atoms with Crippen molar-refractivity contribution in [1.82, 2.24) is 10.3 Å². The van der Waals surface area contributed by atoms with Crippen molar-refractivity contribution in [3.63, 3.8) is 0 Å². The summed E-state index contributed by atoms with van der Waals surface area (Å²) in [6, 6.07) is 5.80. The van der Waals surface area contributed by atoms with Crippen molar-refractivity contribution in [2.24, 2.45) is 0 Å². The monoisotopic (exact) mass is 218 g/mol. The van der Waals surface area contributed by atoms with Crippen molar-refractivity contribution >= 4 is 11.1 Å². The van der Waals surface area contributed by atoms with Gasteiger partial charge < -0.3 is 14.5 Å². The molecule has 1 atom stereocenters. The molecule has 4 nitrogen and oxygen atoms in total. The van der Waals surface area contributed by atoms with E-state index >= 15 is 0 Å². The molecule has 1 unspecified atom stereocenters. The highest BCUT2D eigenvalue weighted by Gasteiger charge is 2.16. The zero-order valence-electron chi connectivity index (χ0n) is 8.98. The molecule has 4 heteroatoms. The summed E-state index contributed by atoms with van der Waals surface area (Å²) in [6.07, 6.45) is 3.95. The lowest BCUT2D eigenvalue weighted by atomic mass is 10.1. The third kappa shape index (κ3) is 1.76. The van der Waals surface area contributed by atoms with Gasteiger partial charge in [-0.15, -0.1) is 0 Å². The predicted octanol–water partition coefficient (Wildman–Crippen LogP) is 1.96. The third-order valence-electron chi connectivity index (χ3n) is 2.87. The Balaban J connectivity index is 1.85. The second-order valence-corrected chi connectivity index (χ2v) is 4.04. The molecule has 1 fully saturated rings. The van der Waals surface area contributed by atoms with Crippen LogP contribution in [0.1, 0.15) is 12.8 Å². The normalized spacial score (nSPS) is 21.1. The highest BCUT2D eigenvalue weighted by atomic mass is 16.5. The van der Waals surface area contributed by atoms with Crippen molar-refractivity contribution in [3.05, 3.63) is 24.6 Å².